The van der Waals surface area contributed by atoms with Gasteiger partial charge in [0.1, 0.15) is 27.6 Å². The zero-order chi connectivity index (χ0) is 20.4. The van der Waals surface area contributed by atoms with Crippen molar-refractivity contribution in [2.24, 2.45) is 22.1 Å². The van der Waals surface area contributed by atoms with Gasteiger partial charge in [-0.15, -0.1) is 0 Å². The number of aliphatic hydroxyl groups is 1. The highest BCUT2D eigenvalue weighted by Crippen LogP contribution is 2.65. The number of hydrogen-bond acceptors (Lipinski definition) is 6. The van der Waals surface area contributed by atoms with E-state index < -0.39 is 10.9 Å². The Morgan fingerprint density at radius 1 is 1.21 bits per heavy atom. The number of aliphatic imine (C=N–C) groups is 1. The Kier molecular flexibility index (Phi) is 3.92. The highest BCUT2D eigenvalue weighted by molar-refractivity contribution is 6.41. The third-order valence-corrected chi connectivity index (χ3v) is 7.09. The molecule has 1 fully saturated rings. The highest BCUT2D eigenvalue weighted by Gasteiger charge is 2.68. The van der Waals surface area contributed by atoms with Crippen LogP contribution >= 0.6 is 0 Å². The Balaban J connectivity index is 1.73. The minimum atomic E-state index is -1.57. The van der Waals surface area contributed by atoms with E-state index in [1.807, 2.05) is 0 Å². The first-order valence-electron chi connectivity index (χ1n) is 9.97. The molecule has 0 amide bonds. The van der Waals surface area contributed by atoms with Gasteiger partial charge in [0.25, 0.3) is 6.02 Å². The number of benzene rings is 1. The first kappa shape index (κ1) is 18.7. The van der Waals surface area contributed by atoms with Crippen LogP contribution in [0.5, 0.6) is 0 Å². The molecule has 6 nitrogen and oxygen atoms in total. The molecule has 4 radical (unpaired) electrons. The zero-order valence-corrected chi connectivity index (χ0v) is 16.4. The smallest absolute Gasteiger partial charge is 0.281 e. The molecule has 1 saturated carbocycles. The van der Waals surface area contributed by atoms with Gasteiger partial charge in [-0.2, -0.15) is 0 Å². The van der Waals surface area contributed by atoms with Crippen molar-refractivity contribution in [3.8, 4) is 11.1 Å². The lowest BCUT2D eigenvalue weighted by Gasteiger charge is -2.53. The molecule has 1 aromatic carbocycles. The number of fused-ring (bicyclic) bond motifs is 3. The van der Waals surface area contributed by atoms with Crippen molar-refractivity contribution < 1.29 is 9.84 Å². The van der Waals surface area contributed by atoms with Crippen LogP contribution in [0.15, 0.2) is 41.9 Å². The van der Waals surface area contributed by atoms with Gasteiger partial charge >= 0.3 is 0 Å². The van der Waals surface area contributed by atoms with Crippen LogP contribution in [0.1, 0.15) is 37.3 Å². The first-order chi connectivity index (χ1) is 13.8. The maximum Gasteiger partial charge on any atom is 0.281 e. The minimum absolute atomic E-state index is 0.00875. The van der Waals surface area contributed by atoms with Crippen LogP contribution in [-0.4, -0.2) is 48.3 Å². The van der Waals surface area contributed by atoms with E-state index in [-0.39, 0.29) is 23.5 Å². The molecule has 2 heterocycles. The number of ether oxygens (including phenoxy) is 1. The summed E-state index contributed by atoms with van der Waals surface area (Å²) in [6, 6.07) is 6.24. The van der Waals surface area contributed by atoms with Crippen LogP contribution in [0.3, 0.4) is 0 Å². The van der Waals surface area contributed by atoms with Crippen molar-refractivity contribution in [3.63, 3.8) is 0 Å². The number of nitrogens with zero attached hydrogens (tertiary/aromatic N) is 3. The maximum absolute atomic E-state index is 10.4. The molecular formula is C21H22B2N4O2. The predicted octanol–water partition coefficient (Wildman–Crippen LogP) is 1.40. The molecule has 144 valence electrons. The van der Waals surface area contributed by atoms with Gasteiger partial charge in [0, 0.05) is 23.4 Å². The van der Waals surface area contributed by atoms with Crippen LogP contribution in [0.2, 0.25) is 0 Å². The molecule has 0 saturated heterocycles. The quantitative estimate of drug-likeness (QED) is 0.726. The second-order valence-electron chi connectivity index (χ2n) is 8.80. The standard InChI is InChI=1S/C21H22B2N4O2/c1-12-7-19(5-4-17(12)28)8-14-3-2-13(15-9-25-11-26-10-15)6-16(14)20(19)21(22,23)29-18(24)27-20/h2-3,6,9-12,17,28H,4-5,7-8H2,1H3,(H2,24,27)/t12-,17-,19-,20?/m1/s1. The number of nitrogens with two attached hydrogens (primary N) is 1. The Bertz CT molecular complexity index is 999. The first-order valence-corrected chi connectivity index (χ1v) is 9.97. The average Bonchev–Trinajstić information content (AvgIpc) is 3.10. The van der Waals surface area contributed by atoms with Crippen LogP contribution in [-0.2, 0) is 16.7 Å². The number of aromatic nitrogens is 2. The van der Waals surface area contributed by atoms with E-state index in [1.165, 1.54) is 6.33 Å². The SMILES string of the molecule is [B]C1([B])OC(N)=NC12c1cc(-c3cncnc3)ccc1C[C@]21CC[C@@H](O)[C@H](C)C1. The minimum Gasteiger partial charge on any atom is -0.476 e. The maximum atomic E-state index is 10.4. The summed E-state index contributed by atoms with van der Waals surface area (Å²) in [5.41, 5.74) is 8.57. The molecule has 2 aromatic rings. The predicted molar refractivity (Wildman–Crippen MR) is 111 cm³/mol. The molecule has 5 rings (SSSR count). The van der Waals surface area contributed by atoms with Gasteiger partial charge in [-0.1, -0.05) is 19.1 Å². The largest absolute Gasteiger partial charge is 0.476 e. The molecule has 0 bridgehead atoms. The average molecular weight is 384 g/mol. The van der Waals surface area contributed by atoms with Crippen molar-refractivity contribution >= 4 is 21.7 Å². The van der Waals surface area contributed by atoms with Gasteiger partial charge < -0.3 is 15.6 Å². The van der Waals surface area contributed by atoms with Gasteiger partial charge in [-0.05, 0) is 54.4 Å². The normalized spacial score (nSPS) is 34.8. The fourth-order valence-corrected chi connectivity index (χ4v) is 5.85. The summed E-state index contributed by atoms with van der Waals surface area (Å²) >= 11 is 0. The van der Waals surface area contributed by atoms with Crippen molar-refractivity contribution in [1.29, 1.82) is 0 Å². The molecule has 1 aliphatic heterocycles. The fraction of sp³-hybridized carbons (Fsp3) is 0.476. The Morgan fingerprint density at radius 3 is 2.62 bits per heavy atom. The van der Waals surface area contributed by atoms with E-state index in [9.17, 15) is 5.11 Å². The summed E-state index contributed by atoms with van der Waals surface area (Å²) in [5, 5.41) is 8.80. The lowest BCUT2D eigenvalue weighted by molar-refractivity contribution is -0.0406. The topological polar surface area (TPSA) is 93.6 Å². The monoisotopic (exact) mass is 384 g/mol. The zero-order valence-electron chi connectivity index (χ0n) is 16.4. The van der Waals surface area contributed by atoms with E-state index in [2.05, 4.69) is 35.1 Å². The highest BCUT2D eigenvalue weighted by atomic mass is 16.5. The number of hydrogen-bond donors (Lipinski definition) is 2. The molecule has 1 aromatic heterocycles. The Labute approximate surface area is 172 Å². The molecule has 3 aliphatic rings. The lowest BCUT2D eigenvalue weighted by Crippen LogP contribution is -2.60. The molecule has 4 atom stereocenters. The number of aliphatic hydroxyl groups excluding tert-OH is 1. The van der Waals surface area contributed by atoms with Crippen molar-refractivity contribution in [2.75, 3.05) is 0 Å². The summed E-state index contributed by atoms with van der Waals surface area (Å²) in [5.74, 6) is 0.102. The molecule has 2 aliphatic carbocycles. The van der Waals surface area contributed by atoms with Gasteiger partial charge in [0.2, 0.25) is 0 Å². The molecular weight excluding hydrogens is 362 g/mol. The summed E-state index contributed by atoms with van der Waals surface area (Å²) in [4.78, 5) is 13.0. The second kappa shape index (κ2) is 6.08. The van der Waals surface area contributed by atoms with Crippen molar-refractivity contribution in [1.82, 2.24) is 9.97 Å². The van der Waals surface area contributed by atoms with E-state index in [0.717, 1.165) is 41.5 Å². The Hall–Kier alpha value is -2.34. The van der Waals surface area contributed by atoms with E-state index >= 15 is 0 Å². The van der Waals surface area contributed by atoms with E-state index in [4.69, 9.17) is 31.2 Å². The van der Waals surface area contributed by atoms with Crippen molar-refractivity contribution in [3.05, 3.63) is 48.0 Å². The summed E-state index contributed by atoms with van der Waals surface area (Å²) in [6.45, 7) is 2.06. The van der Waals surface area contributed by atoms with E-state index in [0.29, 0.717) is 6.42 Å². The molecule has 2 spiro atoms. The van der Waals surface area contributed by atoms with Crippen LogP contribution in [0, 0.1) is 11.3 Å². The Morgan fingerprint density at radius 2 is 1.97 bits per heavy atom. The van der Waals surface area contributed by atoms with Gasteiger partial charge in [-0.25, -0.2) is 15.0 Å². The third kappa shape index (κ3) is 2.44. The van der Waals surface area contributed by atoms with Crippen LogP contribution in [0.25, 0.3) is 11.1 Å². The molecule has 3 N–H and O–H groups in total. The summed E-state index contributed by atoms with van der Waals surface area (Å²) in [6.07, 6.45) is 7.62. The number of rotatable bonds is 1. The summed E-state index contributed by atoms with van der Waals surface area (Å²) in [7, 11) is 13.1. The molecule has 1 unspecified atom stereocenters. The fourth-order valence-electron chi connectivity index (χ4n) is 5.85. The second-order valence-corrected chi connectivity index (χ2v) is 8.80. The molecule has 8 heteroatoms. The van der Waals surface area contributed by atoms with Gasteiger partial charge in [-0.3, -0.25) is 0 Å². The van der Waals surface area contributed by atoms with Crippen LogP contribution in [0.4, 0.5) is 0 Å². The van der Waals surface area contributed by atoms with Crippen molar-refractivity contribution in [2.45, 2.75) is 49.6 Å². The van der Waals surface area contributed by atoms with Crippen LogP contribution < -0.4 is 5.73 Å². The van der Waals surface area contributed by atoms with E-state index in [1.54, 1.807) is 12.4 Å². The lowest BCUT2D eigenvalue weighted by atomic mass is 9.44. The van der Waals surface area contributed by atoms with Gasteiger partial charge in [0.05, 0.1) is 11.5 Å². The third-order valence-electron chi connectivity index (χ3n) is 7.09. The molecule has 29 heavy (non-hydrogen) atoms. The summed E-state index contributed by atoms with van der Waals surface area (Å²) < 4.78 is 5.67. The van der Waals surface area contributed by atoms with Gasteiger partial charge in [0.15, 0.2) is 0 Å². The number of amidine groups is 1.